The average molecular weight is 414 g/mol. The fraction of sp³-hybridized carbons (Fsp3) is 0.458. The highest BCUT2D eigenvalue weighted by Crippen LogP contribution is 2.35. The molecule has 162 valence electrons. The Hall–Kier alpha value is -2.60. The highest BCUT2D eigenvalue weighted by atomic mass is 19.1. The molecule has 3 rings (SSSR count). The Morgan fingerprint density at radius 3 is 2.67 bits per heavy atom. The number of benzene rings is 2. The Morgan fingerprint density at radius 2 is 1.93 bits per heavy atom. The summed E-state index contributed by atoms with van der Waals surface area (Å²) >= 11 is 0. The van der Waals surface area contributed by atoms with E-state index in [9.17, 15) is 4.39 Å². The molecule has 6 heteroatoms. The zero-order chi connectivity index (χ0) is 21.2. The molecule has 1 fully saturated rings. The molecule has 1 heterocycles. The monoisotopic (exact) mass is 413 g/mol. The third kappa shape index (κ3) is 5.72. The molecule has 1 saturated heterocycles. The first-order chi connectivity index (χ1) is 14.7. The highest BCUT2D eigenvalue weighted by molar-refractivity contribution is 5.79. The second kappa shape index (κ2) is 11.0. The molecular formula is C24H32FN3O2. The fourth-order valence-corrected chi connectivity index (χ4v) is 3.92. The Balaban J connectivity index is 1.70. The number of aliphatic imine (C=N–C) groups is 1. The Morgan fingerprint density at radius 1 is 1.13 bits per heavy atom. The molecular weight excluding hydrogens is 381 g/mol. The van der Waals surface area contributed by atoms with E-state index in [-0.39, 0.29) is 11.2 Å². The maximum Gasteiger partial charge on any atom is 0.191 e. The number of hydrogen-bond donors (Lipinski definition) is 2. The van der Waals surface area contributed by atoms with Gasteiger partial charge >= 0.3 is 0 Å². The lowest BCUT2D eigenvalue weighted by molar-refractivity contribution is 0.0530. The van der Waals surface area contributed by atoms with Crippen LogP contribution in [0.15, 0.2) is 53.5 Å². The molecule has 0 aromatic heterocycles. The summed E-state index contributed by atoms with van der Waals surface area (Å²) in [4.78, 5) is 4.87. The minimum atomic E-state index is -0.204. The lowest BCUT2D eigenvalue weighted by atomic mass is 9.74. The van der Waals surface area contributed by atoms with Crippen LogP contribution in [0, 0.1) is 5.82 Å². The van der Waals surface area contributed by atoms with E-state index in [2.05, 4.69) is 16.7 Å². The molecule has 2 N–H and O–H groups in total. The van der Waals surface area contributed by atoms with E-state index in [0.717, 1.165) is 55.2 Å². The minimum absolute atomic E-state index is 0.203. The van der Waals surface area contributed by atoms with Gasteiger partial charge in [0.15, 0.2) is 5.96 Å². The van der Waals surface area contributed by atoms with Gasteiger partial charge in [-0.3, -0.25) is 4.99 Å². The number of nitrogens with zero attached hydrogens (tertiary/aromatic N) is 1. The van der Waals surface area contributed by atoms with Crippen molar-refractivity contribution >= 4 is 5.96 Å². The van der Waals surface area contributed by atoms with E-state index in [1.807, 2.05) is 31.2 Å². The minimum Gasteiger partial charge on any atom is -0.496 e. The Kier molecular flexibility index (Phi) is 8.08. The van der Waals surface area contributed by atoms with E-state index < -0.39 is 0 Å². The van der Waals surface area contributed by atoms with E-state index in [4.69, 9.17) is 14.5 Å². The number of ether oxygens (including phenoxy) is 2. The van der Waals surface area contributed by atoms with Crippen molar-refractivity contribution in [1.82, 2.24) is 10.6 Å². The topological polar surface area (TPSA) is 54.9 Å². The zero-order valence-corrected chi connectivity index (χ0v) is 17.9. The van der Waals surface area contributed by atoms with Gasteiger partial charge in [-0.2, -0.15) is 0 Å². The summed E-state index contributed by atoms with van der Waals surface area (Å²) in [5, 5.41) is 6.74. The van der Waals surface area contributed by atoms with Gasteiger partial charge < -0.3 is 20.1 Å². The van der Waals surface area contributed by atoms with Gasteiger partial charge in [0, 0.05) is 31.7 Å². The molecule has 5 nitrogen and oxygen atoms in total. The lowest BCUT2D eigenvalue weighted by Gasteiger charge is -2.36. The van der Waals surface area contributed by atoms with E-state index >= 15 is 0 Å². The van der Waals surface area contributed by atoms with Gasteiger partial charge in [-0.05, 0) is 55.5 Å². The first kappa shape index (κ1) is 22.1. The van der Waals surface area contributed by atoms with Gasteiger partial charge in [0.1, 0.15) is 11.6 Å². The van der Waals surface area contributed by atoms with Crippen LogP contribution in [0.5, 0.6) is 5.75 Å². The Labute approximate surface area is 178 Å². The number of halogens is 1. The molecule has 0 spiro atoms. The van der Waals surface area contributed by atoms with Gasteiger partial charge in [-0.15, -0.1) is 0 Å². The van der Waals surface area contributed by atoms with Crippen molar-refractivity contribution in [2.24, 2.45) is 4.99 Å². The van der Waals surface area contributed by atoms with E-state index in [1.54, 1.807) is 19.2 Å². The van der Waals surface area contributed by atoms with Crippen molar-refractivity contribution in [2.75, 3.05) is 40.0 Å². The van der Waals surface area contributed by atoms with E-state index in [1.165, 1.54) is 6.07 Å². The SMILES string of the molecule is CCNC(=NCC1(c2cccc(F)c2)CCOCC1)NCCc1ccccc1OC. The second-order valence-corrected chi connectivity index (χ2v) is 7.59. The van der Waals surface area contributed by atoms with Crippen LogP contribution >= 0.6 is 0 Å². The number of guanidine groups is 1. The van der Waals surface area contributed by atoms with Gasteiger partial charge in [0.05, 0.1) is 13.7 Å². The fourth-order valence-electron chi connectivity index (χ4n) is 3.92. The number of methoxy groups -OCH3 is 1. The van der Waals surface area contributed by atoms with Crippen LogP contribution < -0.4 is 15.4 Å². The third-order valence-electron chi connectivity index (χ3n) is 5.65. The van der Waals surface area contributed by atoms with E-state index in [0.29, 0.717) is 19.8 Å². The van der Waals surface area contributed by atoms with Crippen molar-refractivity contribution < 1.29 is 13.9 Å². The largest absolute Gasteiger partial charge is 0.496 e. The van der Waals surface area contributed by atoms with Gasteiger partial charge in [0.25, 0.3) is 0 Å². The summed E-state index contributed by atoms with van der Waals surface area (Å²) in [5.74, 6) is 1.47. The maximum atomic E-state index is 13.9. The normalized spacial score (nSPS) is 16.2. The predicted octanol–water partition coefficient (Wildman–Crippen LogP) is 3.68. The molecule has 1 aliphatic rings. The molecule has 0 atom stereocenters. The lowest BCUT2D eigenvalue weighted by Crippen LogP contribution is -2.41. The summed E-state index contributed by atoms with van der Waals surface area (Å²) in [6, 6.07) is 15.0. The number of hydrogen-bond acceptors (Lipinski definition) is 3. The molecule has 0 unspecified atom stereocenters. The summed E-state index contributed by atoms with van der Waals surface area (Å²) in [6.45, 7) is 5.49. The number of para-hydroxylation sites is 1. The predicted molar refractivity (Wildman–Crippen MR) is 119 cm³/mol. The van der Waals surface area contributed by atoms with Crippen molar-refractivity contribution in [3.8, 4) is 5.75 Å². The summed E-state index contributed by atoms with van der Waals surface area (Å²) in [6.07, 6.45) is 2.50. The quantitative estimate of drug-likeness (QED) is 0.512. The van der Waals surface area contributed by atoms with Gasteiger partial charge in [-0.1, -0.05) is 30.3 Å². The van der Waals surface area contributed by atoms with Crippen LogP contribution in [0.4, 0.5) is 4.39 Å². The van der Waals surface area contributed by atoms with Crippen LogP contribution in [0.25, 0.3) is 0 Å². The smallest absolute Gasteiger partial charge is 0.191 e. The van der Waals surface area contributed by atoms with Crippen LogP contribution in [0.3, 0.4) is 0 Å². The molecule has 2 aromatic carbocycles. The molecule has 0 amide bonds. The first-order valence-electron chi connectivity index (χ1n) is 10.6. The molecule has 1 aliphatic heterocycles. The first-order valence-corrected chi connectivity index (χ1v) is 10.6. The maximum absolute atomic E-state index is 13.9. The average Bonchev–Trinajstić information content (AvgIpc) is 2.78. The summed E-state index contributed by atoms with van der Waals surface area (Å²) in [5.41, 5.74) is 1.95. The molecule has 0 aliphatic carbocycles. The van der Waals surface area contributed by atoms with Crippen molar-refractivity contribution in [2.45, 2.75) is 31.6 Å². The van der Waals surface area contributed by atoms with Crippen LogP contribution in [-0.4, -0.2) is 45.9 Å². The number of rotatable bonds is 8. The zero-order valence-electron chi connectivity index (χ0n) is 17.9. The molecule has 0 bridgehead atoms. The standard InChI is InChI=1S/C24H32FN3O2/c1-3-26-23(27-14-11-19-7-4-5-10-22(19)29-2)28-18-24(12-15-30-16-13-24)20-8-6-9-21(25)17-20/h4-10,17H,3,11-16,18H2,1-2H3,(H2,26,27,28). The Bertz CT molecular complexity index is 835. The highest BCUT2D eigenvalue weighted by Gasteiger charge is 2.34. The third-order valence-corrected chi connectivity index (χ3v) is 5.65. The van der Waals surface area contributed by atoms with Crippen molar-refractivity contribution in [1.29, 1.82) is 0 Å². The van der Waals surface area contributed by atoms with Crippen LogP contribution in [0.1, 0.15) is 30.9 Å². The van der Waals surface area contributed by atoms with Crippen LogP contribution in [-0.2, 0) is 16.6 Å². The number of nitrogens with one attached hydrogen (secondary N) is 2. The second-order valence-electron chi connectivity index (χ2n) is 7.59. The molecule has 30 heavy (non-hydrogen) atoms. The van der Waals surface area contributed by atoms with Gasteiger partial charge in [-0.25, -0.2) is 4.39 Å². The summed E-state index contributed by atoms with van der Waals surface area (Å²) in [7, 11) is 1.69. The van der Waals surface area contributed by atoms with Crippen molar-refractivity contribution in [3.63, 3.8) is 0 Å². The van der Waals surface area contributed by atoms with Crippen LogP contribution in [0.2, 0.25) is 0 Å². The molecule has 2 aromatic rings. The van der Waals surface area contributed by atoms with Crippen molar-refractivity contribution in [3.05, 3.63) is 65.5 Å². The molecule has 0 saturated carbocycles. The summed E-state index contributed by atoms with van der Waals surface area (Å²) < 4.78 is 24.9. The molecule has 0 radical (unpaired) electrons. The van der Waals surface area contributed by atoms with Gasteiger partial charge in [0.2, 0.25) is 0 Å².